The van der Waals surface area contributed by atoms with Crippen molar-refractivity contribution in [1.82, 2.24) is 45.4 Å². The number of carbonyl (C=O) groups excluding carboxylic acids is 4. The molecule has 4 fully saturated rings. The topological polar surface area (TPSA) is 188 Å². The van der Waals surface area contributed by atoms with Gasteiger partial charge in [0.1, 0.15) is 23.7 Å². The zero-order valence-electron chi connectivity index (χ0n) is 32.4. The number of H-pyrrole nitrogens is 2. The van der Waals surface area contributed by atoms with Crippen LogP contribution in [-0.2, 0) is 19.1 Å². The van der Waals surface area contributed by atoms with E-state index in [9.17, 15) is 19.2 Å². The number of alkyl carbamates (subject to hydrolysis) is 2. The van der Waals surface area contributed by atoms with Crippen LogP contribution in [0.3, 0.4) is 0 Å². The molecule has 0 unspecified atom stereocenters. The van der Waals surface area contributed by atoms with Crippen molar-refractivity contribution >= 4 is 67.7 Å². The van der Waals surface area contributed by atoms with E-state index in [0.29, 0.717) is 13.1 Å². The second kappa shape index (κ2) is 14.3. The van der Waals surface area contributed by atoms with Crippen LogP contribution in [0.1, 0.15) is 75.1 Å². The Hall–Kier alpha value is -6.25. The standard InChI is InChI=1S/C43H45N9O6/c1-57-42(55)49-34(22-7-8-22)40(53)51-19-3-5-32(51)38-45-30-15-12-24-21-25(11-13-26(24)36(30)47-38)28-16-14-27-29(44-28)17-18-31-37(27)48-39(46-31)33-6-4-20-52(33)41(54)35(23-9-10-23)50-43(56)58-2/h11-18,21-23,32-35H,3-10,19-20H2,1-2H3,(H,45,47)(H,46,48)(H,49,55)(H,50,56)/t32-,33-,34-,35-/m0/s1. The Morgan fingerprint density at radius 1 is 0.638 bits per heavy atom. The van der Waals surface area contributed by atoms with E-state index >= 15 is 0 Å². The predicted molar refractivity (Wildman–Crippen MR) is 215 cm³/mol. The number of aromatic amines is 2. The summed E-state index contributed by atoms with van der Waals surface area (Å²) in [6.45, 7) is 1.22. The lowest BCUT2D eigenvalue weighted by atomic mass is 10.0. The van der Waals surface area contributed by atoms with Gasteiger partial charge in [0.15, 0.2) is 0 Å². The minimum Gasteiger partial charge on any atom is -0.453 e. The van der Waals surface area contributed by atoms with Crippen LogP contribution in [0.4, 0.5) is 9.59 Å². The van der Waals surface area contributed by atoms with E-state index in [1.165, 1.54) is 14.2 Å². The van der Waals surface area contributed by atoms with Crippen LogP contribution in [-0.4, -0.2) is 98.1 Å². The number of carbonyl (C=O) groups is 4. The van der Waals surface area contributed by atoms with Gasteiger partial charge in [-0.3, -0.25) is 9.59 Å². The van der Waals surface area contributed by atoms with Gasteiger partial charge in [0.05, 0.1) is 59.6 Å². The largest absolute Gasteiger partial charge is 0.453 e. The van der Waals surface area contributed by atoms with Crippen molar-refractivity contribution in [3.05, 3.63) is 66.2 Å². The number of nitrogens with zero attached hydrogens (tertiary/aromatic N) is 5. The predicted octanol–water partition coefficient (Wildman–Crippen LogP) is 6.40. The fourth-order valence-corrected chi connectivity index (χ4v) is 9.15. The summed E-state index contributed by atoms with van der Waals surface area (Å²) in [6.07, 6.45) is 5.74. The zero-order valence-corrected chi connectivity index (χ0v) is 32.4. The van der Waals surface area contributed by atoms with Gasteiger partial charge >= 0.3 is 12.2 Å². The number of hydrogen-bond acceptors (Lipinski definition) is 9. The fraction of sp³-hybridized carbons (Fsp3) is 0.419. The summed E-state index contributed by atoms with van der Waals surface area (Å²) in [5.41, 5.74) is 6.06. The minimum absolute atomic E-state index is 0.0810. The molecule has 4 amide bonds. The van der Waals surface area contributed by atoms with E-state index in [4.69, 9.17) is 24.4 Å². The number of hydrogen-bond donors (Lipinski definition) is 4. The molecular formula is C43H45N9O6. The van der Waals surface area contributed by atoms with Crippen molar-refractivity contribution in [3.63, 3.8) is 0 Å². The van der Waals surface area contributed by atoms with Crippen molar-refractivity contribution in [3.8, 4) is 11.3 Å². The van der Waals surface area contributed by atoms with Gasteiger partial charge in [0.25, 0.3) is 0 Å². The molecule has 58 heavy (non-hydrogen) atoms. The molecule has 3 aromatic heterocycles. The van der Waals surface area contributed by atoms with Crippen molar-refractivity contribution in [1.29, 1.82) is 0 Å². The van der Waals surface area contributed by atoms with Gasteiger partial charge in [-0.1, -0.05) is 18.2 Å². The highest BCUT2D eigenvalue weighted by Gasteiger charge is 2.44. The fourth-order valence-electron chi connectivity index (χ4n) is 9.15. The number of amides is 4. The average Bonchev–Trinajstić information content (AvgIpc) is 4.01. The lowest BCUT2D eigenvalue weighted by Crippen LogP contribution is -2.49. The zero-order chi connectivity index (χ0) is 39.7. The number of nitrogens with one attached hydrogen (secondary N) is 4. The maximum Gasteiger partial charge on any atom is 0.407 e. The molecule has 5 heterocycles. The first-order chi connectivity index (χ1) is 28.3. The molecule has 0 spiro atoms. The molecule has 298 valence electrons. The Morgan fingerprint density at radius 2 is 1.16 bits per heavy atom. The summed E-state index contributed by atoms with van der Waals surface area (Å²) in [5.74, 6) is 1.58. The van der Waals surface area contributed by atoms with Gasteiger partial charge in [-0.15, -0.1) is 0 Å². The number of fused-ring (bicyclic) bond motifs is 6. The maximum absolute atomic E-state index is 13.7. The summed E-state index contributed by atoms with van der Waals surface area (Å²) in [7, 11) is 2.62. The van der Waals surface area contributed by atoms with Gasteiger partial charge in [-0.25, -0.2) is 24.5 Å². The number of ether oxygens (including phenoxy) is 2. The summed E-state index contributed by atoms with van der Waals surface area (Å²) < 4.78 is 9.63. The monoisotopic (exact) mass is 783 g/mol. The van der Waals surface area contributed by atoms with Crippen LogP contribution < -0.4 is 10.6 Å². The molecule has 2 saturated carbocycles. The first-order valence-electron chi connectivity index (χ1n) is 20.3. The average molecular weight is 784 g/mol. The molecule has 15 nitrogen and oxygen atoms in total. The Morgan fingerprint density at radius 3 is 1.71 bits per heavy atom. The highest BCUT2D eigenvalue weighted by Crippen LogP contribution is 2.40. The first kappa shape index (κ1) is 36.1. The molecule has 0 radical (unpaired) electrons. The summed E-state index contributed by atoms with van der Waals surface area (Å²) in [5, 5.41) is 8.55. The van der Waals surface area contributed by atoms with Crippen molar-refractivity contribution in [2.24, 2.45) is 11.8 Å². The molecule has 2 saturated heterocycles. The third-order valence-corrected chi connectivity index (χ3v) is 12.5. The van der Waals surface area contributed by atoms with Crippen LogP contribution in [0.25, 0.3) is 55.0 Å². The molecular weight excluding hydrogens is 739 g/mol. The molecule has 10 rings (SSSR count). The SMILES string of the molecule is COC(=O)N[C@H](C(=O)N1CCC[C@H]1c1nc2ccc3cc(-c4ccc5c(ccc6nc([C@@H]7CCCN7C(=O)[C@@H](NC(=O)OC)C7CC7)[nH]c65)n4)ccc3c2[nH]1)C1CC1. The van der Waals surface area contributed by atoms with Gasteiger partial charge in [0, 0.05) is 29.4 Å². The molecule has 4 aliphatic rings. The minimum atomic E-state index is -0.595. The third kappa shape index (κ3) is 6.42. The Balaban J connectivity index is 0.902. The van der Waals surface area contributed by atoms with Gasteiger partial charge in [-0.2, -0.15) is 0 Å². The quantitative estimate of drug-likeness (QED) is 0.129. The molecule has 2 aliphatic carbocycles. The van der Waals surface area contributed by atoms with E-state index in [2.05, 4.69) is 50.9 Å². The molecule has 6 aromatic rings. The molecule has 4 atom stereocenters. The van der Waals surface area contributed by atoms with Crippen molar-refractivity contribution in [2.45, 2.75) is 75.5 Å². The van der Waals surface area contributed by atoms with E-state index in [-0.39, 0.29) is 35.7 Å². The lowest BCUT2D eigenvalue weighted by molar-refractivity contribution is -0.135. The van der Waals surface area contributed by atoms with Crippen LogP contribution >= 0.6 is 0 Å². The maximum atomic E-state index is 13.7. The number of benzene rings is 3. The summed E-state index contributed by atoms with van der Waals surface area (Å²) >= 11 is 0. The van der Waals surface area contributed by atoms with E-state index in [1.54, 1.807) is 0 Å². The second-order valence-electron chi connectivity index (χ2n) is 16.1. The van der Waals surface area contributed by atoms with Gasteiger partial charge in [-0.05, 0) is 105 Å². The van der Waals surface area contributed by atoms with Crippen LogP contribution in [0.2, 0.25) is 0 Å². The first-order valence-corrected chi connectivity index (χ1v) is 20.3. The number of aromatic nitrogens is 5. The smallest absolute Gasteiger partial charge is 0.407 e. The van der Waals surface area contributed by atoms with Crippen molar-refractivity contribution in [2.75, 3.05) is 27.3 Å². The Labute approximate surface area is 333 Å². The summed E-state index contributed by atoms with van der Waals surface area (Å²) in [6, 6.07) is 16.8. The number of pyridine rings is 1. The molecule has 2 aliphatic heterocycles. The second-order valence-corrected chi connectivity index (χ2v) is 16.1. The van der Waals surface area contributed by atoms with Gasteiger partial charge < -0.3 is 39.9 Å². The van der Waals surface area contributed by atoms with Crippen molar-refractivity contribution < 1.29 is 28.7 Å². The number of imidazole rings is 2. The van der Waals surface area contributed by atoms with Crippen LogP contribution in [0.15, 0.2) is 54.6 Å². The van der Waals surface area contributed by atoms with Crippen LogP contribution in [0.5, 0.6) is 0 Å². The lowest BCUT2D eigenvalue weighted by Gasteiger charge is -2.28. The number of likely N-dealkylation sites (tertiary alicyclic amines) is 2. The third-order valence-electron chi connectivity index (χ3n) is 12.5. The van der Waals surface area contributed by atoms with E-state index in [1.807, 2.05) is 34.1 Å². The highest BCUT2D eigenvalue weighted by molar-refractivity contribution is 6.06. The van der Waals surface area contributed by atoms with E-state index in [0.717, 1.165) is 118 Å². The number of rotatable bonds is 9. The highest BCUT2D eigenvalue weighted by atomic mass is 16.5. The van der Waals surface area contributed by atoms with Gasteiger partial charge in [0.2, 0.25) is 11.8 Å². The molecule has 3 aromatic carbocycles. The molecule has 4 N–H and O–H groups in total. The molecule has 0 bridgehead atoms. The summed E-state index contributed by atoms with van der Waals surface area (Å²) in [4.78, 5) is 77.4. The normalized spacial score (nSPS) is 20.5. The Bertz CT molecular complexity index is 2450. The number of methoxy groups -OCH3 is 2. The van der Waals surface area contributed by atoms with E-state index < -0.39 is 24.3 Å². The molecule has 15 heteroatoms. The Kier molecular flexibility index (Phi) is 8.90. The van der Waals surface area contributed by atoms with Crippen LogP contribution in [0, 0.1) is 11.8 Å².